The molecule has 0 aliphatic rings. The summed E-state index contributed by atoms with van der Waals surface area (Å²) in [5.41, 5.74) is 2.78. The molecule has 136 valence electrons. The number of carbonyl (C=O) groups is 1. The molecule has 0 spiro atoms. The Balaban J connectivity index is 2.37. The number of H-pyrrole nitrogens is 1. The molecule has 0 amide bonds. The lowest BCUT2D eigenvalue weighted by Crippen LogP contribution is -2.25. The van der Waals surface area contributed by atoms with Crippen molar-refractivity contribution in [2.45, 2.75) is 46.6 Å². The zero-order valence-corrected chi connectivity index (χ0v) is 15.6. The highest BCUT2D eigenvalue weighted by Crippen LogP contribution is 2.15. The fourth-order valence-electron chi connectivity index (χ4n) is 2.82. The van der Waals surface area contributed by atoms with Crippen LogP contribution in [0.4, 0.5) is 0 Å². The minimum absolute atomic E-state index is 0.0141. The molecule has 1 aromatic carbocycles. The van der Waals surface area contributed by atoms with Gasteiger partial charge in [0.1, 0.15) is 0 Å². The highest BCUT2D eigenvalue weighted by Gasteiger charge is 2.14. The molecule has 0 saturated carbocycles. The average molecular weight is 344 g/mol. The van der Waals surface area contributed by atoms with Gasteiger partial charge in [-0.15, -0.1) is 0 Å². The summed E-state index contributed by atoms with van der Waals surface area (Å²) in [7, 11) is 2.03. The third kappa shape index (κ3) is 4.69. The van der Waals surface area contributed by atoms with Gasteiger partial charge in [-0.3, -0.25) is 4.79 Å². The summed E-state index contributed by atoms with van der Waals surface area (Å²) < 4.78 is 5.17. The number of ether oxygens (including phenoxy) is 1. The van der Waals surface area contributed by atoms with Crippen LogP contribution in [0.2, 0.25) is 0 Å². The maximum Gasteiger partial charge on any atom is 0.338 e. The molecule has 25 heavy (non-hydrogen) atoms. The maximum absolute atomic E-state index is 12.9. The summed E-state index contributed by atoms with van der Waals surface area (Å²) in [6, 6.07) is 5.11. The van der Waals surface area contributed by atoms with Gasteiger partial charge in [0.15, 0.2) is 5.43 Å². The van der Waals surface area contributed by atoms with E-state index in [2.05, 4.69) is 16.8 Å². The molecule has 0 unspecified atom stereocenters. The summed E-state index contributed by atoms with van der Waals surface area (Å²) in [5, 5.41) is 0.537. The fourth-order valence-corrected chi connectivity index (χ4v) is 2.82. The van der Waals surface area contributed by atoms with Crippen molar-refractivity contribution >= 4 is 16.9 Å². The molecule has 0 atom stereocenters. The Kier molecular flexibility index (Phi) is 6.76. The standard InChI is InChI=1S/C20H28N2O3/c1-5-7-10-22(4)13-17-14(3)21-18-9-8-15(12-16(18)19(17)23)20(24)25-11-6-2/h8-9,12H,5-7,10-11,13H2,1-4H3,(H,21,23). The molecular formula is C20H28N2O3. The lowest BCUT2D eigenvalue weighted by atomic mass is 10.1. The number of fused-ring (bicyclic) bond motifs is 1. The second-order valence-corrected chi connectivity index (χ2v) is 6.55. The number of pyridine rings is 1. The van der Waals surface area contributed by atoms with Gasteiger partial charge in [0.05, 0.1) is 12.2 Å². The Hall–Kier alpha value is -2.14. The number of aryl methyl sites for hydroxylation is 1. The molecule has 1 N–H and O–H groups in total. The van der Waals surface area contributed by atoms with Crippen LogP contribution in [-0.4, -0.2) is 36.1 Å². The van der Waals surface area contributed by atoms with Crippen LogP contribution in [0.25, 0.3) is 10.9 Å². The third-order valence-electron chi connectivity index (χ3n) is 4.31. The van der Waals surface area contributed by atoms with E-state index in [1.165, 1.54) is 0 Å². The van der Waals surface area contributed by atoms with E-state index in [4.69, 9.17) is 4.74 Å². The van der Waals surface area contributed by atoms with Gasteiger partial charge < -0.3 is 14.6 Å². The number of benzene rings is 1. The van der Waals surface area contributed by atoms with E-state index in [-0.39, 0.29) is 11.4 Å². The van der Waals surface area contributed by atoms with E-state index >= 15 is 0 Å². The van der Waals surface area contributed by atoms with Crippen molar-refractivity contribution in [3.8, 4) is 0 Å². The van der Waals surface area contributed by atoms with Crippen molar-refractivity contribution in [1.29, 1.82) is 0 Å². The quantitative estimate of drug-likeness (QED) is 0.743. The predicted octanol–water partition coefficient (Wildman–Crippen LogP) is 3.64. The van der Waals surface area contributed by atoms with Crippen molar-refractivity contribution in [1.82, 2.24) is 9.88 Å². The van der Waals surface area contributed by atoms with E-state index < -0.39 is 0 Å². The lowest BCUT2D eigenvalue weighted by molar-refractivity contribution is 0.0505. The van der Waals surface area contributed by atoms with E-state index in [9.17, 15) is 9.59 Å². The van der Waals surface area contributed by atoms with Gasteiger partial charge >= 0.3 is 5.97 Å². The highest BCUT2D eigenvalue weighted by atomic mass is 16.5. The van der Waals surface area contributed by atoms with Crippen LogP contribution >= 0.6 is 0 Å². The van der Waals surface area contributed by atoms with Crippen molar-refractivity contribution < 1.29 is 9.53 Å². The monoisotopic (exact) mass is 344 g/mol. The Morgan fingerprint density at radius 1 is 1.24 bits per heavy atom. The summed E-state index contributed by atoms with van der Waals surface area (Å²) >= 11 is 0. The first kappa shape index (κ1) is 19.2. The molecule has 5 heteroatoms. The molecule has 0 fully saturated rings. The SMILES string of the molecule is CCCCN(C)Cc1c(C)[nH]c2ccc(C(=O)OCCC)cc2c1=O. The zero-order chi connectivity index (χ0) is 18.4. The van der Waals surface area contributed by atoms with Crippen molar-refractivity contribution in [3.05, 3.63) is 45.2 Å². The van der Waals surface area contributed by atoms with Gasteiger partial charge in [-0.1, -0.05) is 20.3 Å². The number of nitrogens with one attached hydrogen (secondary N) is 1. The van der Waals surface area contributed by atoms with Gasteiger partial charge in [0.25, 0.3) is 0 Å². The molecule has 1 heterocycles. The molecule has 0 aliphatic heterocycles. The Morgan fingerprint density at radius 3 is 2.68 bits per heavy atom. The number of rotatable bonds is 8. The molecule has 1 aromatic heterocycles. The van der Waals surface area contributed by atoms with Crippen LogP contribution in [0.1, 0.15) is 54.7 Å². The van der Waals surface area contributed by atoms with Crippen LogP contribution in [0.3, 0.4) is 0 Å². The van der Waals surface area contributed by atoms with Gasteiger partial charge in [-0.25, -0.2) is 4.79 Å². The molecule has 2 aromatic rings. The summed E-state index contributed by atoms with van der Waals surface area (Å²) in [6.07, 6.45) is 3.00. The van der Waals surface area contributed by atoms with E-state index in [0.29, 0.717) is 24.1 Å². The van der Waals surface area contributed by atoms with Crippen LogP contribution in [0.15, 0.2) is 23.0 Å². The first-order valence-corrected chi connectivity index (χ1v) is 8.99. The Labute approximate surface area is 149 Å². The molecule has 0 saturated heterocycles. The molecule has 5 nitrogen and oxygen atoms in total. The molecule has 0 aliphatic carbocycles. The van der Waals surface area contributed by atoms with Crippen molar-refractivity contribution in [3.63, 3.8) is 0 Å². The maximum atomic E-state index is 12.9. The number of esters is 1. The largest absolute Gasteiger partial charge is 0.462 e. The number of aromatic amines is 1. The summed E-state index contributed by atoms with van der Waals surface area (Å²) in [5.74, 6) is -0.384. The smallest absolute Gasteiger partial charge is 0.338 e. The Morgan fingerprint density at radius 2 is 2.00 bits per heavy atom. The second kappa shape index (κ2) is 8.81. The van der Waals surface area contributed by atoms with Crippen LogP contribution in [0.5, 0.6) is 0 Å². The highest BCUT2D eigenvalue weighted by molar-refractivity contribution is 5.94. The molecule has 2 rings (SSSR count). The molecule has 0 bridgehead atoms. The minimum atomic E-state index is -0.384. The normalized spacial score (nSPS) is 11.2. The summed E-state index contributed by atoms with van der Waals surface area (Å²) in [4.78, 5) is 30.5. The number of unbranched alkanes of at least 4 members (excludes halogenated alkanes) is 1. The number of hydrogen-bond acceptors (Lipinski definition) is 4. The molecule has 0 radical (unpaired) electrons. The molecular weight excluding hydrogens is 316 g/mol. The first-order valence-electron chi connectivity index (χ1n) is 8.99. The van der Waals surface area contributed by atoms with E-state index in [0.717, 1.165) is 42.6 Å². The lowest BCUT2D eigenvalue weighted by Gasteiger charge is -2.17. The van der Waals surface area contributed by atoms with Gasteiger partial charge in [0, 0.05) is 28.7 Å². The van der Waals surface area contributed by atoms with E-state index in [1.807, 2.05) is 20.9 Å². The van der Waals surface area contributed by atoms with Crippen LogP contribution in [-0.2, 0) is 11.3 Å². The second-order valence-electron chi connectivity index (χ2n) is 6.55. The predicted molar refractivity (Wildman–Crippen MR) is 101 cm³/mol. The number of carbonyl (C=O) groups excluding carboxylic acids is 1. The van der Waals surface area contributed by atoms with Crippen LogP contribution < -0.4 is 5.43 Å². The van der Waals surface area contributed by atoms with Gasteiger partial charge in [-0.05, 0) is 51.6 Å². The topological polar surface area (TPSA) is 62.4 Å². The third-order valence-corrected chi connectivity index (χ3v) is 4.31. The fraction of sp³-hybridized carbons (Fsp3) is 0.500. The van der Waals surface area contributed by atoms with Gasteiger partial charge in [-0.2, -0.15) is 0 Å². The van der Waals surface area contributed by atoms with E-state index in [1.54, 1.807) is 18.2 Å². The first-order chi connectivity index (χ1) is 12.0. The van der Waals surface area contributed by atoms with Crippen molar-refractivity contribution in [2.75, 3.05) is 20.2 Å². The summed E-state index contributed by atoms with van der Waals surface area (Å²) in [6.45, 7) is 7.96. The number of hydrogen-bond donors (Lipinski definition) is 1. The Bertz CT molecular complexity index is 795. The van der Waals surface area contributed by atoms with Crippen LogP contribution in [0, 0.1) is 6.92 Å². The average Bonchev–Trinajstić information content (AvgIpc) is 2.61. The minimum Gasteiger partial charge on any atom is -0.462 e. The van der Waals surface area contributed by atoms with Gasteiger partial charge in [0.2, 0.25) is 0 Å². The van der Waals surface area contributed by atoms with Crippen molar-refractivity contribution in [2.24, 2.45) is 0 Å². The number of aromatic nitrogens is 1. The zero-order valence-electron chi connectivity index (χ0n) is 15.6. The number of nitrogens with zero attached hydrogens (tertiary/aromatic N) is 1.